The molecule has 5 aromatic rings. The summed E-state index contributed by atoms with van der Waals surface area (Å²) in [6, 6.07) is 21.7. The lowest BCUT2D eigenvalue weighted by Gasteiger charge is -2.32. The van der Waals surface area contributed by atoms with Crippen LogP contribution < -0.4 is 24.5 Å². The molecule has 5 rings (SSSR count). The predicted molar refractivity (Wildman–Crippen MR) is 181 cm³/mol. The highest BCUT2D eigenvalue weighted by Gasteiger charge is 2.21. The van der Waals surface area contributed by atoms with Crippen molar-refractivity contribution in [3.05, 3.63) is 72.3 Å². The van der Waals surface area contributed by atoms with E-state index in [2.05, 4.69) is 39.8 Å². The quantitative estimate of drug-likeness (QED) is 0.0368. The van der Waals surface area contributed by atoms with Crippen LogP contribution in [0.25, 0.3) is 43.1 Å². The molecular weight excluding hydrogens is 772 g/mol. The first-order valence-electron chi connectivity index (χ1n) is 15.2. The summed E-state index contributed by atoms with van der Waals surface area (Å²) >= 11 is 3.78. The van der Waals surface area contributed by atoms with Gasteiger partial charge in [-0.2, -0.15) is 12.6 Å². The number of fused-ring (bicyclic) bond motifs is 2. The summed E-state index contributed by atoms with van der Waals surface area (Å²) < 4.78 is 79.0. The van der Waals surface area contributed by atoms with E-state index in [1.807, 2.05) is 66.7 Å². The second-order valence-electron chi connectivity index (χ2n) is 11.0. The molecule has 16 nitrogen and oxygen atoms in total. The maximum atomic E-state index is 12.5. The Hall–Kier alpha value is -1.81. The Morgan fingerprint density at radius 3 is 1.47 bits per heavy atom. The van der Waals surface area contributed by atoms with Gasteiger partial charge in [0.2, 0.25) is 0 Å². The first-order chi connectivity index (χ1) is 24.1. The average molecular weight is 804 g/mol. The Morgan fingerprint density at radius 1 is 0.510 bits per heavy atom. The molecule has 0 aliphatic rings. The van der Waals surface area contributed by atoms with Gasteiger partial charge in [-0.1, -0.05) is 66.7 Å². The third-order valence-corrected chi connectivity index (χ3v) is 11.2. The molecule has 0 N–H and O–H groups in total. The van der Waals surface area contributed by atoms with Gasteiger partial charge in [0.15, 0.2) is 0 Å². The molecule has 0 saturated carbocycles. The van der Waals surface area contributed by atoms with Gasteiger partial charge in [0.25, 0.3) is 23.5 Å². The fourth-order valence-electron chi connectivity index (χ4n) is 5.61. The Balaban J connectivity index is 1.21. The molecule has 278 valence electrons. The van der Waals surface area contributed by atoms with Crippen LogP contribution in [0.2, 0.25) is 0 Å². The monoisotopic (exact) mass is 803 g/mol. The maximum absolute atomic E-state index is 12.5. The fraction of sp³-hybridized carbons (Fsp3) is 0.333. The summed E-state index contributed by atoms with van der Waals surface area (Å²) in [5, 5.41) is 8.05. The summed E-state index contributed by atoms with van der Waals surface area (Å²) in [6.07, 6.45) is 0.0404. The molecule has 0 fully saturated rings. The zero-order valence-electron chi connectivity index (χ0n) is 26.6. The van der Waals surface area contributed by atoms with Crippen molar-refractivity contribution in [3.8, 4) is 0 Å². The van der Waals surface area contributed by atoms with E-state index in [0.717, 1.165) is 43.1 Å². The molecule has 0 heterocycles. The molecule has 4 unspecified atom stereocenters. The number of thiol groups is 1. The molecule has 0 aliphatic carbocycles. The highest BCUT2D eigenvalue weighted by atomic mass is 32.1. The lowest BCUT2D eigenvalue weighted by molar-refractivity contribution is -0.342. The standard InChI is InChI=1S/C30H36O16P4S/c31-47(32,33)45-19-21(20-46-50(38,39)43-15-14-41-48(34,35)40-12-13-42-49(36,37)44-16-17-51)18-23-10-11-28-26-8-2-5-22-4-1-7-25(29(22)26)27-9-3-6-24(23)30(27)28/h1-11,21,51H,12-20H2,(H,34,35)(H,36,37)(H,38,39)(H2,31,32,33)/p-5. The van der Waals surface area contributed by atoms with Gasteiger partial charge in [0, 0.05) is 11.7 Å². The van der Waals surface area contributed by atoms with Crippen LogP contribution in [-0.4, -0.2) is 52.0 Å². The van der Waals surface area contributed by atoms with Crippen LogP contribution in [0.15, 0.2) is 66.7 Å². The summed E-state index contributed by atoms with van der Waals surface area (Å²) in [5.74, 6) is -0.870. The first-order valence-corrected chi connectivity index (χ1v) is 21.7. The van der Waals surface area contributed by atoms with E-state index >= 15 is 0 Å². The number of phosphoric acid groups is 4. The third kappa shape index (κ3) is 11.1. The molecule has 0 amide bonds. The predicted octanol–water partition coefficient (Wildman–Crippen LogP) is 3.18. The molecular formula is C30H31O16P4S-5. The Labute approximate surface area is 297 Å². The van der Waals surface area contributed by atoms with Crippen molar-refractivity contribution in [2.75, 3.05) is 52.0 Å². The van der Waals surface area contributed by atoms with Crippen molar-refractivity contribution in [3.63, 3.8) is 0 Å². The minimum absolute atomic E-state index is 0.0404. The number of hydrogen-bond acceptors (Lipinski definition) is 17. The summed E-state index contributed by atoms with van der Waals surface area (Å²) in [5.41, 5.74) is 0.709. The Morgan fingerprint density at radius 2 is 0.941 bits per heavy atom. The van der Waals surface area contributed by atoms with Crippen LogP contribution in [-0.2, 0) is 56.3 Å². The highest BCUT2D eigenvalue weighted by Crippen LogP contribution is 2.44. The van der Waals surface area contributed by atoms with Crippen molar-refractivity contribution in [1.82, 2.24) is 0 Å². The van der Waals surface area contributed by atoms with Gasteiger partial charge < -0.3 is 60.7 Å². The number of hydrogen-bond donors (Lipinski definition) is 1. The average Bonchev–Trinajstić information content (AvgIpc) is 3.08. The van der Waals surface area contributed by atoms with Crippen LogP contribution in [0.5, 0.6) is 0 Å². The first kappa shape index (κ1) is 40.4. The van der Waals surface area contributed by atoms with Crippen molar-refractivity contribution in [2.24, 2.45) is 5.92 Å². The van der Waals surface area contributed by atoms with E-state index in [0.29, 0.717) is 5.56 Å². The zero-order chi connectivity index (χ0) is 36.9. The smallest absolute Gasteiger partial charge is 0.268 e. The molecule has 5 aromatic carbocycles. The SMILES string of the molecule is O=P([O-])([O-])OCC(COP(=O)([O-])OCCOP(=O)([O-])OCCOP(=O)([O-])OCCS)Cc1ccc2c3cccc4cccc(c5cccc1c52)c43. The lowest BCUT2D eigenvalue weighted by atomic mass is 9.87. The van der Waals surface area contributed by atoms with Crippen LogP contribution in [0, 0.1) is 5.92 Å². The molecule has 0 aromatic heterocycles. The normalized spacial score (nSPS) is 16.8. The van der Waals surface area contributed by atoms with Gasteiger partial charge in [-0.15, -0.1) is 0 Å². The van der Waals surface area contributed by atoms with Crippen molar-refractivity contribution in [1.29, 1.82) is 0 Å². The Bertz CT molecular complexity index is 2110. The molecule has 0 bridgehead atoms. The van der Waals surface area contributed by atoms with E-state index in [9.17, 15) is 42.7 Å². The van der Waals surface area contributed by atoms with Gasteiger partial charge >= 0.3 is 0 Å². The van der Waals surface area contributed by atoms with Crippen molar-refractivity contribution >= 4 is 87.0 Å². The number of benzene rings is 5. The van der Waals surface area contributed by atoms with Gasteiger partial charge in [0.1, 0.15) is 0 Å². The molecule has 0 aliphatic heterocycles. The maximum Gasteiger partial charge on any atom is 0.268 e. The van der Waals surface area contributed by atoms with Crippen LogP contribution in [0.1, 0.15) is 5.56 Å². The van der Waals surface area contributed by atoms with E-state index in [1.165, 1.54) is 0 Å². The number of rotatable bonds is 21. The van der Waals surface area contributed by atoms with Gasteiger partial charge in [-0.05, 0) is 55.1 Å². The minimum atomic E-state index is -5.44. The zero-order valence-corrected chi connectivity index (χ0v) is 31.0. The largest absolute Gasteiger partial charge is 0.790 e. The van der Waals surface area contributed by atoms with Crippen LogP contribution in [0.4, 0.5) is 0 Å². The molecule has 0 radical (unpaired) electrons. The number of phosphoric ester groups is 4. The summed E-state index contributed by atoms with van der Waals surface area (Å²) in [6.45, 7) is -4.74. The third-order valence-electron chi connectivity index (χ3n) is 7.57. The minimum Gasteiger partial charge on any atom is -0.790 e. The lowest BCUT2D eigenvalue weighted by Crippen LogP contribution is -2.24. The van der Waals surface area contributed by atoms with Crippen LogP contribution in [0.3, 0.4) is 0 Å². The second-order valence-corrected chi connectivity index (χ2v) is 16.9. The van der Waals surface area contributed by atoms with Gasteiger partial charge in [-0.25, -0.2) is 0 Å². The highest BCUT2D eigenvalue weighted by molar-refractivity contribution is 7.80. The Kier molecular flexibility index (Phi) is 13.5. The molecule has 4 atom stereocenters. The summed E-state index contributed by atoms with van der Waals surface area (Å²) in [7, 11) is -20.3. The van der Waals surface area contributed by atoms with E-state index < -0.39 is 76.8 Å². The van der Waals surface area contributed by atoms with E-state index in [-0.39, 0.29) is 18.8 Å². The molecule has 0 saturated heterocycles. The second kappa shape index (κ2) is 17.1. The van der Waals surface area contributed by atoms with E-state index in [1.54, 1.807) is 0 Å². The van der Waals surface area contributed by atoms with Gasteiger partial charge in [0.05, 0.1) is 54.1 Å². The molecule has 51 heavy (non-hydrogen) atoms. The van der Waals surface area contributed by atoms with Crippen molar-refractivity contribution < 1.29 is 74.4 Å². The molecule has 21 heteroatoms. The summed E-state index contributed by atoms with van der Waals surface area (Å²) in [4.78, 5) is 58.4. The molecule has 0 spiro atoms. The van der Waals surface area contributed by atoms with Crippen molar-refractivity contribution in [2.45, 2.75) is 6.42 Å². The van der Waals surface area contributed by atoms with E-state index in [4.69, 9.17) is 4.52 Å². The van der Waals surface area contributed by atoms with Crippen LogP contribution >= 0.6 is 43.9 Å². The fourth-order valence-corrected chi connectivity index (χ4v) is 8.37. The van der Waals surface area contributed by atoms with Gasteiger partial charge in [-0.3, -0.25) is 13.7 Å². The topological polar surface area (TPSA) is 248 Å².